The predicted molar refractivity (Wildman–Crippen MR) is 124 cm³/mol. The lowest BCUT2D eigenvalue weighted by Gasteiger charge is -2.34. The van der Waals surface area contributed by atoms with Crippen LogP contribution in [0.5, 0.6) is 5.75 Å². The Morgan fingerprint density at radius 1 is 1.21 bits per heavy atom. The molecule has 1 N–H and O–H groups in total. The van der Waals surface area contributed by atoms with Gasteiger partial charge in [-0.15, -0.1) is 0 Å². The summed E-state index contributed by atoms with van der Waals surface area (Å²) in [6.07, 6.45) is 10.6. The molecule has 7 heteroatoms. The van der Waals surface area contributed by atoms with E-state index in [4.69, 9.17) is 4.74 Å². The van der Waals surface area contributed by atoms with E-state index in [1.54, 1.807) is 13.3 Å². The zero-order chi connectivity index (χ0) is 22.8. The van der Waals surface area contributed by atoms with Crippen molar-refractivity contribution in [2.75, 3.05) is 20.2 Å². The molecule has 2 heterocycles. The zero-order valence-corrected chi connectivity index (χ0v) is 19.3. The summed E-state index contributed by atoms with van der Waals surface area (Å²) in [6.45, 7) is 2.01. The van der Waals surface area contributed by atoms with Crippen molar-refractivity contribution < 1.29 is 14.3 Å². The van der Waals surface area contributed by atoms with E-state index in [1.807, 2.05) is 24.3 Å². The van der Waals surface area contributed by atoms with Crippen molar-refractivity contribution in [3.8, 4) is 5.75 Å². The fourth-order valence-corrected chi connectivity index (χ4v) is 5.56. The van der Waals surface area contributed by atoms with E-state index in [0.717, 1.165) is 55.8 Å². The molecule has 5 rings (SSSR count). The molecule has 0 unspecified atom stereocenters. The molecule has 1 aromatic heterocycles. The van der Waals surface area contributed by atoms with Crippen LogP contribution in [0.2, 0.25) is 0 Å². The van der Waals surface area contributed by atoms with E-state index in [1.165, 1.54) is 25.6 Å². The number of methoxy groups -OCH3 is 1. The highest BCUT2D eigenvalue weighted by Crippen LogP contribution is 2.66. The number of carbonyl (C=O) groups excluding carboxylic acids is 2. The third kappa shape index (κ3) is 4.45. The minimum Gasteiger partial charge on any atom is -0.496 e. The van der Waals surface area contributed by atoms with E-state index in [-0.39, 0.29) is 5.91 Å². The van der Waals surface area contributed by atoms with Gasteiger partial charge in [0.1, 0.15) is 12.1 Å². The van der Waals surface area contributed by atoms with E-state index in [9.17, 15) is 9.59 Å². The summed E-state index contributed by atoms with van der Waals surface area (Å²) in [5, 5.41) is 2.98. The number of ether oxygens (including phenoxy) is 1. The monoisotopic (exact) mass is 448 g/mol. The first kappa shape index (κ1) is 21.9. The molecule has 3 aliphatic rings. The van der Waals surface area contributed by atoms with Crippen LogP contribution in [0.25, 0.3) is 0 Å². The molecule has 174 valence electrons. The van der Waals surface area contributed by atoms with Gasteiger partial charge in [0, 0.05) is 37.3 Å². The Morgan fingerprint density at radius 2 is 2.00 bits per heavy atom. The topological polar surface area (TPSA) is 84.4 Å². The van der Waals surface area contributed by atoms with Gasteiger partial charge in [0.25, 0.3) is 5.91 Å². The third-order valence-corrected chi connectivity index (χ3v) is 7.92. The lowest BCUT2D eigenvalue weighted by atomic mass is 9.79. The number of benzene rings is 1. The Morgan fingerprint density at radius 3 is 2.70 bits per heavy atom. The molecular weight excluding hydrogens is 416 g/mol. The number of carbonyl (C=O) groups is 2. The Labute approximate surface area is 194 Å². The molecule has 3 fully saturated rings. The number of rotatable bonds is 7. The summed E-state index contributed by atoms with van der Waals surface area (Å²) in [6, 6.07) is 7.64. The van der Waals surface area contributed by atoms with Gasteiger partial charge in [-0.25, -0.2) is 9.97 Å². The molecule has 1 aromatic carbocycles. The molecule has 1 atom stereocenters. The number of nitrogens with one attached hydrogen (secondary N) is 1. The second kappa shape index (κ2) is 9.12. The van der Waals surface area contributed by atoms with Crippen LogP contribution >= 0.6 is 0 Å². The van der Waals surface area contributed by atoms with E-state index < -0.39 is 0 Å². The van der Waals surface area contributed by atoms with Gasteiger partial charge in [0.05, 0.1) is 18.4 Å². The Kier molecular flexibility index (Phi) is 6.04. The van der Waals surface area contributed by atoms with Gasteiger partial charge in [0.2, 0.25) is 5.91 Å². The largest absolute Gasteiger partial charge is 0.496 e. The standard InChI is InChI=1S/C26H32N4O3/c1-33-23-6-3-2-5-19(23)15-28-24(31)20-16-27-17-29-22(20)13-18-7-11-30(12-8-18)25(32)21-14-26(21)9-4-10-26/h2-3,5-6,16-18,21H,4,7-15H2,1H3,(H,28,31)/t21-/m0/s1. The first-order valence-corrected chi connectivity index (χ1v) is 12.1. The third-order valence-electron chi connectivity index (χ3n) is 7.92. The normalized spacial score (nSPS) is 21.4. The maximum absolute atomic E-state index is 12.9. The number of nitrogens with zero attached hydrogens (tertiary/aromatic N) is 3. The Balaban J connectivity index is 1.16. The molecule has 2 aliphatic carbocycles. The predicted octanol–water partition coefficient (Wildman–Crippen LogP) is 3.39. The summed E-state index contributed by atoms with van der Waals surface area (Å²) in [4.78, 5) is 36.4. The minimum atomic E-state index is -0.177. The maximum atomic E-state index is 12.9. The van der Waals surface area contributed by atoms with E-state index >= 15 is 0 Å². The van der Waals surface area contributed by atoms with Gasteiger partial charge in [-0.1, -0.05) is 24.6 Å². The van der Waals surface area contributed by atoms with Crippen molar-refractivity contribution in [3.63, 3.8) is 0 Å². The summed E-state index contributed by atoms with van der Waals surface area (Å²) in [7, 11) is 1.62. The van der Waals surface area contributed by atoms with Crippen molar-refractivity contribution in [2.24, 2.45) is 17.3 Å². The fraction of sp³-hybridized carbons (Fsp3) is 0.538. The van der Waals surface area contributed by atoms with Gasteiger partial charge in [-0.2, -0.15) is 0 Å². The van der Waals surface area contributed by atoms with Gasteiger partial charge in [-0.05, 0) is 55.9 Å². The highest BCUT2D eigenvalue weighted by Gasteiger charge is 2.61. The molecule has 33 heavy (non-hydrogen) atoms. The first-order valence-electron chi connectivity index (χ1n) is 12.1. The summed E-state index contributed by atoms with van der Waals surface area (Å²) in [5.74, 6) is 1.66. The molecule has 2 saturated carbocycles. The maximum Gasteiger partial charge on any atom is 0.254 e. The Bertz CT molecular complexity index is 1030. The second-order valence-corrected chi connectivity index (χ2v) is 9.82. The number of likely N-dealkylation sites (tertiary alicyclic amines) is 1. The molecule has 0 bridgehead atoms. The lowest BCUT2D eigenvalue weighted by Crippen LogP contribution is -2.41. The SMILES string of the molecule is COc1ccccc1CNC(=O)c1cncnc1CC1CCN(C(=O)[C@@H]2CC23CCC3)CC1. The summed E-state index contributed by atoms with van der Waals surface area (Å²) in [5.41, 5.74) is 2.61. The van der Waals surface area contributed by atoms with Crippen LogP contribution in [-0.4, -0.2) is 46.9 Å². The lowest BCUT2D eigenvalue weighted by molar-refractivity contribution is -0.135. The quantitative estimate of drug-likeness (QED) is 0.702. The fourth-order valence-electron chi connectivity index (χ4n) is 5.56. The van der Waals surface area contributed by atoms with E-state index in [0.29, 0.717) is 35.3 Å². The first-order chi connectivity index (χ1) is 16.1. The highest BCUT2D eigenvalue weighted by molar-refractivity contribution is 5.94. The molecule has 1 aliphatic heterocycles. The molecule has 0 radical (unpaired) electrons. The number of hydrogen-bond acceptors (Lipinski definition) is 5. The Hall–Kier alpha value is -2.96. The second-order valence-electron chi connectivity index (χ2n) is 9.82. The number of hydrogen-bond donors (Lipinski definition) is 1. The van der Waals surface area contributed by atoms with Crippen LogP contribution in [0.4, 0.5) is 0 Å². The molecular formula is C26H32N4O3. The smallest absolute Gasteiger partial charge is 0.254 e. The van der Waals surface area contributed by atoms with Crippen molar-refractivity contribution in [1.82, 2.24) is 20.2 Å². The minimum absolute atomic E-state index is 0.177. The number of piperidine rings is 1. The molecule has 2 aromatic rings. The molecule has 1 spiro atoms. The van der Waals surface area contributed by atoms with Crippen molar-refractivity contribution in [2.45, 2.75) is 51.5 Å². The van der Waals surface area contributed by atoms with Gasteiger partial charge in [-0.3, -0.25) is 9.59 Å². The summed E-state index contributed by atoms with van der Waals surface area (Å²) < 4.78 is 5.37. The molecule has 7 nitrogen and oxygen atoms in total. The van der Waals surface area contributed by atoms with Crippen LogP contribution < -0.4 is 10.1 Å². The van der Waals surface area contributed by atoms with E-state index in [2.05, 4.69) is 20.2 Å². The highest BCUT2D eigenvalue weighted by atomic mass is 16.5. The van der Waals surface area contributed by atoms with Crippen molar-refractivity contribution >= 4 is 11.8 Å². The molecule has 1 saturated heterocycles. The number of aromatic nitrogens is 2. The number of para-hydroxylation sites is 1. The van der Waals surface area contributed by atoms with Crippen LogP contribution in [-0.2, 0) is 17.8 Å². The van der Waals surface area contributed by atoms with Gasteiger partial charge < -0.3 is 15.0 Å². The van der Waals surface area contributed by atoms with Gasteiger partial charge in [0.15, 0.2) is 0 Å². The van der Waals surface area contributed by atoms with Gasteiger partial charge >= 0.3 is 0 Å². The van der Waals surface area contributed by atoms with Crippen LogP contribution in [0.1, 0.15) is 60.1 Å². The summed E-state index contributed by atoms with van der Waals surface area (Å²) >= 11 is 0. The van der Waals surface area contributed by atoms with Crippen LogP contribution in [0.15, 0.2) is 36.8 Å². The van der Waals surface area contributed by atoms with Crippen LogP contribution in [0.3, 0.4) is 0 Å². The molecule has 2 amide bonds. The van der Waals surface area contributed by atoms with Crippen molar-refractivity contribution in [3.05, 3.63) is 53.6 Å². The number of amides is 2. The average molecular weight is 449 g/mol. The van der Waals surface area contributed by atoms with Crippen molar-refractivity contribution in [1.29, 1.82) is 0 Å². The van der Waals surface area contributed by atoms with Crippen LogP contribution in [0, 0.1) is 17.3 Å². The average Bonchev–Trinajstić information content (AvgIpc) is 3.60. The zero-order valence-electron chi connectivity index (χ0n) is 19.3.